The highest BCUT2D eigenvalue weighted by molar-refractivity contribution is 7.12. The third-order valence-corrected chi connectivity index (χ3v) is 4.83. The standard InChI is InChI=1S/C22H20O4S/c1-24-18-7-9-19(10-8-18)26-15-17-14-16(6-12-21(17)25-2)5-11-20(23)22-4-3-13-27-22/h3-14H,15H2,1-2H3/b11-5+. The molecule has 0 bridgehead atoms. The first-order valence-corrected chi connectivity index (χ1v) is 9.27. The predicted molar refractivity (Wildman–Crippen MR) is 108 cm³/mol. The van der Waals surface area contributed by atoms with E-state index in [1.54, 1.807) is 26.4 Å². The van der Waals surface area contributed by atoms with E-state index in [2.05, 4.69) is 0 Å². The van der Waals surface area contributed by atoms with Gasteiger partial charge >= 0.3 is 0 Å². The van der Waals surface area contributed by atoms with E-state index in [1.807, 2.05) is 60.0 Å². The van der Waals surface area contributed by atoms with Crippen molar-refractivity contribution in [3.63, 3.8) is 0 Å². The highest BCUT2D eigenvalue weighted by Gasteiger charge is 2.06. The maximum Gasteiger partial charge on any atom is 0.195 e. The Balaban J connectivity index is 1.71. The highest BCUT2D eigenvalue weighted by Crippen LogP contribution is 2.24. The van der Waals surface area contributed by atoms with Crippen LogP contribution in [-0.4, -0.2) is 20.0 Å². The summed E-state index contributed by atoms with van der Waals surface area (Å²) < 4.78 is 16.4. The maximum absolute atomic E-state index is 12.1. The second kappa shape index (κ2) is 9.05. The van der Waals surface area contributed by atoms with Crippen molar-refractivity contribution in [1.82, 2.24) is 0 Å². The molecule has 1 aromatic heterocycles. The Morgan fingerprint density at radius 3 is 2.44 bits per heavy atom. The molecule has 0 N–H and O–H groups in total. The minimum Gasteiger partial charge on any atom is -0.497 e. The van der Waals surface area contributed by atoms with Gasteiger partial charge < -0.3 is 14.2 Å². The van der Waals surface area contributed by atoms with Gasteiger partial charge in [-0.25, -0.2) is 0 Å². The number of thiophene rings is 1. The van der Waals surface area contributed by atoms with E-state index in [0.717, 1.165) is 33.3 Å². The smallest absolute Gasteiger partial charge is 0.195 e. The summed E-state index contributed by atoms with van der Waals surface area (Å²) in [4.78, 5) is 12.8. The number of carbonyl (C=O) groups excluding carboxylic acids is 1. The van der Waals surface area contributed by atoms with E-state index in [4.69, 9.17) is 14.2 Å². The molecule has 4 nitrogen and oxygen atoms in total. The van der Waals surface area contributed by atoms with E-state index in [9.17, 15) is 4.79 Å². The lowest BCUT2D eigenvalue weighted by Crippen LogP contribution is -1.99. The number of hydrogen-bond donors (Lipinski definition) is 0. The monoisotopic (exact) mass is 380 g/mol. The van der Waals surface area contributed by atoms with Crippen LogP contribution in [0.4, 0.5) is 0 Å². The first-order valence-electron chi connectivity index (χ1n) is 8.39. The van der Waals surface area contributed by atoms with Gasteiger partial charge in [0.25, 0.3) is 0 Å². The molecular formula is C22H20O4S. The molecule has 27 heavy (non-hydrogen) atoms. The third kappa shape index (κ3) is 4.99. The van der Waals surface area contributed by atoms with Crippen LogP contribution in [0.2, 0.25) is 0 Å². The first-order chi connectivity index (χ1) is 13.2. The van der Waals surface area contributed by atoms with Gasteiger partial charge in [0.1, 0.15) is 23.9 Å². The predicted octanol–water partition coefficient (Wildman–Crippen LogP) is 5.24. The van der Waals surface area contributed by atoms with Gasteiger partial charge in [-0.15, -0.1) is 11.3 Å². The second-order valence-electron chi connectivity index (χ2n) is 5.71. The van der Waals surface area contributed by atoms with E-state index >= 15 is 0 Å². The molecule has 0 aliphatic heterocycles. The zero-order valence-electron chi connectivity index (χ0n) is 15.2. The zero-order valence-corrected chi connectivity index (χ0v) is 16.0. The third-order valence-electron chi connectivity index (χ3n) is 3.95. The maximum atomic E-state index is 12.1. The molecule has 1 heterocycles. The molecule has 0 saturated carbocycles. The molecule has 0 spiro atoms. The number of ether oxygens (including phenoxy) is 3. The number of methoxy groups -OCH3 is 2. The Hall–Kier alpha value is -3.05. The van der Waals surface area contributed by atoms with E-state index in [1.165, 1.54) is 11.3 Å². The molecule has 0 unspecified atom stereocenters. The summed E-state index contributed by atoms with van der Waals surface area (Å²) in [6.07, 6.45) is 3.39. The van der Waals surface area contributed by atoms with Crippen LogP contribution in [0.25, 0.3) is 6.08 Å². The van der Waals surface area contributed by atoms with E-state index < -0.39 is 0 Å². The summed E-state index contributed by atoms with van der Waals surface area (Å²) in [5, 5.41) is 1.89. The van der Waals surface area contributed by atoms with Crippen molar-refractivity contribution in [2.75, 3.05) is 14.2 Å². The Labute approximate surface area is 162 Å². The van der Waals surface area contributed by atoms with Crippen molar-refractivity contribution in [3.05, 3.63) is 82.1 Å². The average Bonchev–Trinajstić information content (AvgIpc) is 3.26. The summed E-state index contributed by atoms with van der Waals surface area (Å²) in [5.41, 5.74) is 1.81. The summed E-state index contributed by atoms with van der Waals surface area (Å²) >= 11 is 1.43. The Morgan fingerprint density at radius 2 is 1.78 bits per heavy atom. The number of allylic oxidation sites excluding steroid dienone is 1. The highest BCUT2D eigenvalue weighted by atomic mass is 32.1. The minimum atomic E-state index is -0.00292. The van der Waals surface area contributed by atoms with Gasteiger partial charge in [0.15, 0.2) is 5.78 Å². The van der Waals surface area contributed by atoms with Crippen molar-refractivity contribution in [2.45, 2.75) is 6.61 Å². The lowest BCUT2D eigenvalue weighted by atomic mass is 10.1. The second-order valence-corrected chi connectivity index (χ2v) is 6.66. The fourth-order valence-corrected chi connectivity index (χ4v) is 3.17. The molecule has 0 atom stereocenters. The average molecular weight is 380 g/mol. The van der Waals surface area contributed by atoms with Crippen LogP contribution in [0.3, 0.4) is 0 Å². The fourth-order valence-electron chi connectivity index (χ4n) is 2.52. The normalized spacial score (nSPS) is 10.7. The van der Waals surface area contributed by atoms with Crippen LogP contribution >= 0.6 is 11.3 Å². The number of benzene rings is 2. The van der Waals surface area contributed by atoms with E-state index in [0.29, 0.717) is 6.61 Å². The van der Waals surface area contributed by atoms with Crippen LogP contribution in [0.1, 0.15) is 20.8 Å². The number of rotatable bonds is 8. The van der Waals surface area contributed by atoms with Gasteiger partial charge in [0.05, 0.1) is 19.1 Å². The van der Waals surface area contributed by atoms with Gasteiger partial charge in [-0.2, -0.15) is 0 Å². The molecule has 0 aliphatic carbocycles. The molecular weight excluding hydrogens is 360 g/mol. The molecule has 3 rings (SSSR count). The molecule has 0 aliphatic rings. The van der Waals surface area contributed by atoms with Gasteiger partial charge in [0.2, 0.25) is 0 Å². The minimum absolute atomic E-state index is 0.00292. The van der Waals surface area contributed by atoms with Gasteiger partial charge in [0, 0.05) is 5.56 Å². The largest absolute Gasteiger partial charge is 0.497 e. The van der Waals surface area contributed by atoms with Crippen molar-refractivity contribution in [2.24, 2.45) is 0 Å². The first kappa shape index (κ1) is 18.7. The number of ketones is 1. The van der Waals surface area contributed by atoms with Crippen molar-refractivity contribution in [1.29, 1.82) is 0 Å². The molecule has 3 aromatic rings. The Kier molecular flexibility index (Phi) is 6.28. The zero-order chi connectivity index (χ0) is 19.1. The van der Waals surface area contributed by atoms with Gasteiger partial charge in [-0.05, 0) is 59.5 Å². The molecule has 138 valence electrons. The van der Waals surface area contributed by atoms with Crippen LogP contribution < -0.4 is 14.2 Å². The summed E-state index contributed by atoms with van der Waals surface area (Å²) in [5.74, 6) is 2.26. The molecule has 2 aromatic carbocycles. The summed E-state index contributed by atoms with van der Waals surface area (Å²) in [7, 11) is 3.25. The van der Waals surface area contributed by atoms with Crippen LogP contribution in [0.5, 0.6) is 17.2 Å². The van der Waals surface area contributed by atoms with Gasteiger partial charge in [-0.1, -0.05) is 18.2 Å². The van der Waals surface area contributed by atoms with Crippen molar-refractivity contribution < 1.29 is 19.0 Å². The molecule has 0 fully saturated rings. The molecule has 0 saturated heterocycles. The van der Waals surface area contributed by atoms with E-state index in [-0.39, 0.29) is 5.78 Å². The van der Waals surface area contributed by atoms with Crippen LogP contribution in [0.15, 0.2) is 66.1 Å². The molecule has 0 radical (unpaired) electrons. The van der Waals surface area contributed by atoms with Crippen LogP contribution in [0, 0.1) is 0 Å². The molecule has 0 amide bonds. The SMILES string of the molecule is COc1ccc(OCc2cc(/C=C/C(=O)c3cccs3)ccc2OC)cc1. The summed E-state index contributed by atoms with van der Waals surface area (Å²) in [6, 6.07) is 16.8. The van der Waals surface area contributed by atoms with Crippen molar-refractivity contribution >= 4 is 23.2 Å². The quantitative estimate of drug-likeness (QED) is 0.396. The molecule has 5 heteroatoms. The van der Waals surface area contributed by atoms with Crippen LogP contribution in [-0.2, 0) is 6.61 Å². The van der Waals surface area contributed by atoms with Gasteiger partial charge in [-0.3, -0.25) is 4.79 Å². The Bertz CT molecular complexity index is 912. The lowest BCUT2D eigenvalue weighted by molar-refractivity contribution is 0.105. The van der Waals surface area contributed by atoms with Crippen molar-refractivity contribution in [3.8, 4) is 17.2 Å². The number of hydrogen-bond acceptors (Lipinski definition) is 5. The topological polar surface area (TPSA) is 44.8 Å². The lowest BCUT2D eigenvalue weighted by Gasteiger charge is -2.11. The number of carbonyl (C=O) groups is 1. The summed E-state index contributed by atoms with van der Waals surface area (Å²) in [6.45, 7) is 0.357. The fraction of sp³-hybridized carbons (Fsp3) is 0.136. The Morgan fingerprint density at radius 1 is 1.00 bits per heavy atom.